The molecule has 2 aromatic carbocycles. The Morgan fingerprint density at radius 2 is 1.82 bits per heavy atom. The number of carbonyl (C=O) groups excluding carboxylic acids is 1. The zero-order valence-electron chi connectivity index (χ0n) is 18.0. The van der Waals surface area contributed by atoms with E-state index in [0.717, 1.165) is 17.7 Å². The van der Waals surface area contributed by atoms with Crippen molar-refractivity contribution in [1.82, 2.24) is 9.58 Å². The van der Waals surface area contributed by atoms with E-state index in [1.54, 1.807) is 5.01 Å². The molecule has 172 valence electrons. The van der Waals surface area contributed by atoms with Crippen LogP contribution < -0.4 is 19.9 Å². The molecule has 0 spiro atoms. The highest BCUT2D eigenvalue weighted by molar-refractivity contribution is 5.96. The van der Waals surface area contributed by atoms with Crippen LogP contribution in [-0.2, 0) is 13.2 Å². The van der Waals surface area contributed by atoms with Crippen LogP contribution in [0.2, 0.25) is 0 Å². The molecule has 2 aliphatic rings. The molecule has 0 N–H and O–H groups in total. The third kappa shape index (κ3) is 4.06. The topological polar surface area (TPSA) is 64.0 Å². The second-order valence-corrected chi connectivity index (χ2v) is 7.80. The predicted octanol–water partition coefficient (Wildman–Crippen LogP) is 2.65. The van der Waals surface area contributed by atoms with Gasteiger partial charge in [0.25, 0.3) is 5.91 Å². The van der Waals surface area contributed by atoms with Crippen LogP contribution in [0.15, 0.2) is 59.5 Å². The maximum atomic E-state index is 14.1. The largest absolute Gasteiger partial charge is 0.482 e. The summed E-state index contributed by atoms with van der Waals surface area (Å²) in [7, 11) is 0. The van der Waals surface area contributed by atoms with Crippen LogP contribution >= 0.6 is 0 Å². The van der Waals surface area contributed by atoms with Crippen molar-refractivity contribution in [2.24, 2.45) is 0 Å². The molecule has 0 radical (unpaired) electrons. The van der Waals surface area contributed by atoms with Crippen molar-refractivity contribution < 1.29 is 23.0 Å². The zero-order chi connectivity index (χ0) is 23.7. The third-order valence-corrected chi connectivity index (χ3v) is 5.54. The number of rotatable bonds is 3. The van der Waals surface area contributed by atoms with E-state index in [1.165, 1.54) is 21.8 Å². The van der Waals surface area contributed by atoms with E-state index in [-0.39, 0.29) is 50.2 Å². The van der Waals surface area contributed by atoms with E-state index < -0.39 is 23.0 Å². The summed E-state index contributed by atoms with van der Waals surface area (Å²) in [4.78, 5) is 27.5. The molecule has 0 saturated heterocycles. The molecule has 7 nitrogen and oxygen atoms in total. The Bertz CT molecular complexity index is 1380. The van der Waals surface area contributed by atoms with Crippen LogP contribution in [0.3, 0.4) is 0 Å². The lowest BCUT2D eigenvalue weighted by Gasteiger charge is -2.39. The highest BCUT2D eigenvalue weighted by Crippen LogP contribution is 2.27. The van der Waals surface area contributed by atoms with E-state index in [1.807, 2.05) is 30.3 Å². The Kier molecular flexibility index (Phi) is 5.64. The number of hydrogen-bond acceptors (Lipinski definition) is 5. The summed E-state index contributed by atoms with van der Waals surface area (Å²) >= 11 is 0. The first-order valence-corrected chi connectivity index (χ1v) is 10.5. The van der Waals surface area contributed by atoms with E-state index in [9.17, 15) is 18.4 Å². The minimum Gasteiger partial charge on any atom is -0.482 e. The fourth-order valence-electron chi connectivity index (χ4n) is 3.88. The number of nitrogens with zero attached hydrogens (tertiary/aromatic N) is 3. The Morgan fingerprint density at radius 1 is 1.03 bits per heavy atom. The van der Waals surface area contributed by atoms with Crippen molar-refractivity contribution >= 4 is 5.91 Å². The highest BCUT2D eigenvalue weighted by atomic mass is 19.2. The smallest absolute Gasteiger partial charge is 0.278 e. The quantitative estimate of drug-likeness (QED) is 0.559. The molecule has 0 atom stereocenters. The number of benzene rings is 2. The van der Waals surface area contributed by atoms with Gasteiger partial charge in [-0.3, -0.25) is 19.3 Å². The van der Waals surface area contributed by atoms with Crippen molar-refractivity contribution in [1.29, 1.82) is 0 Å². The normalized spacial score (nSPS) is 14.7. The van der Waals surface area contributed by atoms with Crippen LogP contribution in [0, 0.1) is 23.5 Å². The number of hydrogen-bond donors (Lipinski definition) is 0. The van der Waals surface area contributed by atoms with Gasteiger partial charge in [-0.15, -0.1) is 0 Å². The summed E-state index contributed by atoms with van der Waals surface area (Å²) in [6, 6.07) is 12.6. The average molecular weight is 463 g/mol. The molecule has 0 aliphatic carbocycles. The maximum Gasteiger partial charge on any atom is 0.278 e. The Labute approximate surface area is 193 Å². The van der Waals surface area contributed by atoms with Gasteiger partial charge in [-0.2, -0.15) is 0 Å². The van der Waals surface area contributed by atoms with E-state index in [0.29, 0.717) is 5.56 Å². The molecule has 0 fully saturated rings. The summed E-state index contributed by atoms with van der Waals surface area (Å²) in [6.07, 6.45) is 1.47. The average Bonchev–Trinajstić information content (AvgIpc) is 2.86. The van der Waals surface area contributed by atoms with Crippen LogP contribution in [0.1, 0.15) is 21.6 Å². The predicted molar refractivity (Wildman–Crippen MR) is 119 cm³/mol. The van der Waals surface area contributed by atoms with Gasteiger partial charge < -0.3 is 14.4 Å². The maximum absolute atomic E-state index is 14.1. The summed E-state index contributed by atoms with van der Waals surface area (Å²) in [5.41, 5.74) is 0.806. The Morgan fingerprint density at radius 3 is 2.65 bits per heavy atom. The highest BCUT2D eigenvalue weighted by Gasteiger charge is 2.33. The lowest BCUT2D eigenvalue weighted by molar-refractivity contribution is 0.0707. The number of fused-ring (bicyclic) bond motifs is 5. The fourth-order valence-corrected chi connectivity index (χ4v) is 3.88. The Hall–Kier alpha value is -4.32. The van der Waals surface area contributed by atoms with E-state index >= 15 is 0 Å². The van der Waals surface area contributed by atoms with Gasteiger partial charge in [-0.05, 0) is 11.6 Å². The number of aromatic nitrogens is 1. The molecule has 3 heterocycles. The number of halogens is 2. The molecule has 3 aromatic rings. The SMILES string of the molecule is O=C1c2c(OCc3ccccc3)c(=O)ccn2N2Cc3cc(F)c(F)cc3OCC#CCN1C2. The molecule has 2 aliphatic heterocycles. The van der Waals surface area contributed by atoms with Gasteiger partial charge in [0.2, 0.25) is 5.43 Å². The molecular formula is C25H19F2N3O4. The Balaban J connectivity index is 1.59. The van der Waals surface area contributed by atoms with Crippen molar-refractivity contribution in [3.8, 4) is 23.3 Å². The van der Waals surface area contributed by atoms with Gasteiger partial charge in [-0.1, -0.05) is 42.2 Å². The van der Waals surface area contributed by atoms with Gasteiger partial charge >= 0.3 is 0 Å². The van der Waals surface area contributed by atoms with Crippen LogP contribution in [-0.4, -0.2) is 35.3 Å². The molecule has 34 heavy (non-hydrogen) atoms. The van der Waals surface area contributed by atoms with E-state index in [2.05, 4.69) is 11.8 Å². The number of pyridine rings is 1. The minimum atomic E-state index is -1.03. The second kappa shape index (κ2) is 8.90. The van der Waals surface area contributed by atoms with Gasteiger partial charge in [-0.25, -0.2) is 8.78 Å². The first-order chi connectivity index (χ1) is 16.5. The molecule has 5 rings (SSSR count). The first kappa shape index (κ1) is 21.5. The molecule has 2 bridgehead atoms. The molecule has 0 saturated carbocycles. The van der Waals surface area contributed by atoms with Gasteiger partial charge in [0.05, 0.1) is 13.1 Å². The standard InChI is InChI=1S/C25H19F2N3O4/c26-19-12-18-14-29-16-28(9-4-5-11-33-22(18)13-20(19)27)25(32)23-24(21(31)8-10-30(23)29)34-15-17-6-2-1-3-7-17/h1-3,6-8,10,12-13H,9,11,14-16H2. The van der Waals surface area contributed by atoms with E-state index in [4.69, 9.17) is 9.47 Å². The monoisotopic (exact) mass is 463 g/mol. The number of ether oxygens (including phenoxy) is 2. The summed E-state index contributed by atoms with van der Waals surface area (Å²) in [5.74, 6) is 3.24. The molecule has 9 heteroatoms. The third-order valence-electron chi connectivity index (χ3n) is 5.54. The minimum absolute atomic E-state index is 0.0424. The van der Waals surface area contributed by atoms with Crippen molar-refractivity contribution in [3.63, 3.8) is 0 Å². The summed E-state index contributed by atoms with van der Waals surface area (Å²) in [6.45, 7) is 0.320. The van der Waals surface area contributed by atoms with Crippen molar-refractivity contribution in [3.05, 3.63) is 93.4 Å². The van der Waals surface area contributed by atoms with Crippen LogP contribution in [0.5, 0.6) is 11.5 Å². The van der Waals surface area contributed by atoms with Crippen LogP contribution in [0.25, 0.3) is 0 Å². The second-order valence-electron chi connectivity index (χ2n) is 7.80. The molecule has 0 unspecified atom stereocenters. The van der Waals surface area contributed by atoms with Gasteiger partial charge in [0, 0.05) is 23.9 Å². The molecular weight excluding hydrogens is 444 g/mol. The summed E-state index contributed by atoms with van der Waals surface area (Å²) in [5, 5.41) is 1.71. The summed E-state index contributed by atoms with van der Waals surface area (Å²) < 4.78 is 40.8. The van der Waals surface area contributed by atoms with Crippen molar-refractivity contribution in [2.45, 2.75) is 13.2 Å². The molecule has 1 aromatic heterocycles. The lowest BCUT2D eigenvalue weighted by atomic mass is 10.1. The first-order valence-electron chi connectivity index (χ1n) is 10.5. The molecule has 1 amide bonds. The van der Waals surface area contributed by atoms with Crippen molar-refractivity contribution in [2.75, 3.05) is 24.8 Å². The van der Waals surface area contributed by atoms with Gasteiger partial charge in [0.15, 0.2) is 23.1 Å². The number of carbonyl (C=O) groups is 1. The number of amides is 1. The van der Waals surface area contributed by atoms with Gasteiger partial charge in [0.1, 0.15) is 25.6 Å². The van der Waals surface area contributed by atoms with Crippen LogP contribution in [0.4, 0.5) is 8.78 Å². The lowest BCUT2D eigenvalue weighted by Crippen LogP contribution is -2.54. The fraction of sp³-hybridized carbons (Fsp3) is 0.200. The zero-order valence-corrected chi connectivity index (χ0v) is 18.0.